The molecule has 7 heteroatoms. The van der Waals surface area contributed by atoms with E-state index in [1.807, 2.05) is 24.3 Å². The molecule has 0 unspecified atom stereocenters. The molecule has 1 aromatic carbocycles. The Kier molecular flexibility index (Phi) is 6.88. The Morgan fingerprint density at radius 3 is 2.67 bits per heavy atom. The van der Waals surface area contributed by atoms with Crippen LogP contribution in [0.2, 0.25) is 5.02 Å². The molecular formula is C20H25ClN2O4. The van der Waals surface area contributed by atoms with Crippen LogP contribution in [0.15, 0.2) is 36.4 Å². The van der Waals surface area contributed by atoms with Gasteiger partial charge in [-0.05, 0) is 24.5 Å². The minimum Gasteiger partial charge on any atom is -0.394 e. The topological polar surface area (TPSA) is 87.7 Å². The molecule has 3 N–H and O–H groups in total. The Bertz CT molecular complexity index is 705. The highest BCUT2D eigenvalue weighted by molar-refractivity contribution is 6.31. The number of hydrogen-bond acceptors (Lipinski definition) is 4. The Balaban J connectivity index is 1.49. The summed E-state index contributed by atoms with van der Waals surface area (Å²) in [5, 5.41) is 15.9. The van der Waals surface area contributed by atoms with Crippen LogP contribution in [0.5, 0.6) is 0 Å². The van der Waals surface area contributed by atoms with Gasteiger partial charge in [0, 0.05) is 17.5 Å². The van der Waals surface area contributed by atoms with E-state index in [2.05, 4.69) is 10.6 Å². The first kappa shape index (κ1) is 19.9. The van der Waals surface area contributed by atoms with Crippen molar-refractivity contribution >= 4 is 23.4 Å². The predicted octanol–water partition coefficient (Wildman–Crippen LogP) is 1.95. The first-order valence-electron chi connectivity index (χ1n) is 9.32. The van der Waals surface area contributed by atoms with Crippen molar-refractivity contribution in [1.29, 1.82) is 0 Å². The normalized spacial score (nSPS) is 24.9. The molecule has 3 rings (SSSR count). The lowest BCUT2D eigenvalue weighted by Crippen LogP contribution is -2.51. The van der Waals surface area contributed by atoms with Gasteiger partial charge >= 0.3 is 0 Å². The number of hydrogen-bond donors (Lipinski definition) is 3. The van der Waals surface area contributed by atoms with Gasteiger partial charge in [-0.15, -0.1) is 0 Å². The number of aliphatic hydroxyl groups excluding tert-OH is 1. The average molecular weight is 393 g/mol. The first-order chi connectivity index (χ1) is 13.1. The molecule has 2 aliphatic rings. The maximum absolute atomic E-state index is 12.2. The van der Waals surface area contributed by atoms with Crippen molar-refractivity contribution in [2.24, 2.45) is 5.92 Å². The van der Waals surface area contributed by atoms with Crippen molar-refractivity contribution < 1.29 is 19.4 Å². The lowest BCUT2D eigenvalue weighted by atomic mass is 9.84. The molecule has 0 radical (unpaired) electrons. The number of halogens is 1. The van der Waals surface area contributed by atoms with Crippen molar-refractivity contribution in [3.05, 3.63) is 47.0 Å². The Labute approximate surface area is 163 Å². The van der Waals surface area contributed by atoms with Crippen molar-refractivity contribution in [2.45, 2.75) is 50.5 Å². The van der Waals surface area contributed by atoms with Gasteiger partial charge < -0.3 is 20.5 Å². The third-order valence-corrected chi connectivity index (χ3v) is 5.44. The monoisotopic (exact) mass is 392 g/mol. The predicted molar refractivity (Wildman–Crippen MR) is 102 cm³/mol. The smallest absolute Gasteiger partial charge is 0.223 e. The number of rotatable bonds is 7. The molecule has 6 nitrogen and oxygen atoms in total. The van der Waals surface area contributed by atoms with E-state index in [0.29, 0.717) is 11.6 Å². The van der Waals surface area contributed by atoms with Gasteiger partial charge in [-0.2, -0.15) is 0 Å². The van der Waals surface area contributed by atoms with Gasteiger partial charge in [0.15, 0.2) is 0 Å². The summed E-state index contributed by atoms with van der Waals surface area (Å²) < 4.78 is 5.79. The molecule has 1 aliphatic heterocycles. The molecule has 27 heavy (non-hydrogen) atoms. The van der Waals surface area contributed by atoms with E-state index < -0.39 is 12.2 Å². The second kappa shape index (κ2) is 9.35. The number of carbonyl (C=O) groups excluding carboxylic acids is 2. The van der Waals surface area contributed by atoms with E-state index >= 15 is 0 Å². The summed E-state index contributed by atoms with van der Waals surface area (Å²) in [6, 6.07) is 6.97. The van der Waals surface area contributed by atoms with Crippen LogP contribution in [0.3, 0.4) is 0 Å². The molecular weight excluding hydrogens is 368 g/mol. The summed E-state index contributed by atoms with van der Waals surface area (Å²) in [4.78, 5) is 24.3. The van der Waals surface area contributed by atoms with Crippen LogP contribution < -0.4 is 10.6 Å². The first-order valence-corrected chi connectivity index (χ1v) is 9.69. The van der Waals surface area contributed by atoms with Crippen LogP contribution in [-0.2, 0) is 20.9 Å². The highest BCUT2D eigenvalue weighted by Crippen LogP contribution is 2.27. The Hall–Kier alpha value is -1.89. The number of nitrogens with one attached hydrogen (secondary N) is 2. The third-order valence-electron chi connectivity index (χ3n) is 5.07. The SMILES string of the molecule is O=C(C[C@@H]1C=C[C@H](NC(=O)C2CCC2)[C@H](CO)O1)NCc1ccccc1Cl. The van der Waals surface area contributed by atoms with Gasteiger partial charge in [-0.1, -0.05) is 48.4 Å². The molecule has 0 saturated heterocycles. The number of benzene rings is 1. The number of aliphatic hydroxyl groups is 1. The number of ether oxygens (including phenoxy) is 1. The highest BCUT2D eigenvalue weighted by Gasteiger charge is 2.32. The van der Waals surface area contributed by atoms with Gasteiger partial charge in [-0.25, -0.2) is 0 Å². The van der Waals surface area contributed by atoms with Gasteiger partial charge in [0.1, 0.15) is 6.10 Å². The molecule has 0 aromatic heterocycles. The molecule has 1 aliphatic carbocycles. The maximum Gasteiger partial charge on any atom is 0.223 e. The van der Waals surface area contributed by atoms with Crippen LogP contribution in [0, 0.1) is 5.92 Å². The van der Waals surface area contributed by atoms with Crippen LogP contribution in [0.4, 0.5) is 0 Å². The summed E-state index contributed by atoms with van der Waals surface area (Å²) in [5.41, 5.74) is 0.847. The van der Waals surface area contributed by atoms with Crippen molar-refractivity contribution in [1.82, 2.24) is 10.6 Å². The second-order valence-corrected chi connectivity index (χ2v) is 7.42. The standard InChI is InChI=1S/C20H25ClN2O4/c21-16-7-2-1-4-14(16)11-22-19(25)10-15-8-9-17(18(12-24)27-15)23-20(26)13-5-3-6-13/h1-2,4,7-9,13,15,17-18,24H,3,5-6,10-12H2,(H,22,25)(H,23,26)/t15-,17-,18-/m0/s1. The minimum atomic E-state index is -0.555. The van der Waals surface area contributed by atoms with E-state index in [9.17, 15) is 14.7 Å². The molecule has 1 saturated carbocycles. The third kappa shape index (κ3) is 5.31. The summed E-state index contributed by atoms with van der Waals surface area (Å²) >= 11 is 6.08. The van der Waals surface area contributed by atoms with Crippen LogP contribution in [0.25, 0.3) is 0 Å². The van der Waals surface area contributed by atoms with E-state index in [1.165, 1.54) is 0 Å². The zero-order chi connectivity index (χ0) is 19.2. The summed E-state index contributed by atoms with van der Waals surface area (Å²) in [6.07, 6.45) is 5.65. The van der Waals surface area contributed by atoms with Crippen LogP contribution in [0.1, 0.15) is 31.2 Å². The number of carbonyl (C=O) groups is 2. The second-order valence-electron chi connectivity index (χ2n) is 7.01. The minimum absolute atomic E-state index is 0.00822. The van der Waals surface area contributed by atoms with Gasteiger partial charge in [0.25, 0.3) is 0 Å². The lowest BCUT2D eigenvalue weighted by molar-refractivity contribution is -0.132. The fourth-order valence-electron chi connectivity index (χ4n) is 3.18. The molecule has 2 amide bonds. The quantitative estimate of drug-likeness (QED) is 0.619. The van der Waals surface area contributed by atoms with Crippen molar-refractivity contribution in [2.75, 3.05) is 6.61 Å². The molecule has 146 valence electrons. The maximum atomic E-state index is 12.2. The summed E-state index contributed by atoms with van der Waals surface area (Å²) in [7, 11) is 0. The summed E-state index contributed by atoms with van der Waals surface area (Å²) in [5.74, 6) is -0.0850. The number of amides is 2. The molecule has 1 heterocycles. The fourth-order valence-corrected chi connectivity index (χ4v) is 3.38. The van der Waals surface area contributed by atoms with E-state index in [-0.39, 0.29) is 36.8 Å². The lowest BCUT2D eigenvalue weighted by Gasteiger charge is -2.33. The molecule has 0 bridgehead atoms. The van der Waals surface area contributed by atoms with Crippen molar-refractivity contribution in [3.63, 3.8) is 0 Å². The van der Waals surface area contributed by atoms with Crippen LogP contribution >= 0.6 is 11.6 Å². The summed E-state index contributed by atoms with van der Waals surface area (Å²) in [6.45, 7) is 0.121. The Morgan fingerprint density at radius 2 is 2.00 bits per heavy atom. The van der Waals surface area contributed by atoms with Crippen molar-refractivity contribution in [3.8, 4) is 0 Å². The van der Waals surface area contributed by atoms with E-state index in [0.717, 1.165) is 24.8 Å². The zero-order valence-electron chi connectivity index (χ0n) is 15.1. The molecule has 3 atom stereocenters. The largest absolute Gasteiger partial charge is 0.394 e. The van der Waals surface area contributed by atoms with E-state index in [4.69, 9.17) is 16.3 Å². The van der Waals surface area contributed by atoms with Gasteiger partial charge in [0.05, 0.1) is 25.2 Å². The average Bonchev–Trinajstić information content (AvgIpc) is 2.60. The zero-order valence-corrected chi connectivity index (χ0v) is 15.8. The Morgan fingerprint density at radius 1 is 1.22 bits per heavy atom. The molecule has 1 fully saturated rings. The van der Waals surface area contributed by atoms with E-state index in [1.54, 1.807) is 12.1 Å². The molecule has 1 aromatic rings. The van der Waals surface area contributed by atoms with Crippen LogP contribution in [-0.4, -0.2) is 41.8 Å². The molecule has 0 spiro atoms. The van der Waals surface area contributed by atoms with Gasteiger partial charge in [0.2, 0.25) is 11.8 Å². The van der Waals surface area contributed by atoms with Gasteiger partial charge in [-0.3, -0.25) is 9.59 Å². The highest BCUT2D eigenvalue weighted by atomic mass is 35.5. The fraction of sp³-hybridized carbons (Fsp3) is 0.500.